The van der Waals surface area contributed by atoms with Crippen molar-refractivity contribution in [3.05, 3.63) is 36.4 Å². The largest absolute Gasteiger partial charge is 0.481 e. The third kappa shape index (κ3) is 2.85. The van der Waals surface area contributed by atoms with Crippen LogP contribution in [0.15, 0.2) is 41.3 Å². The van der Waals surface area contributed by atoms with Crippen molar-refractivity contribution in [3.8, 4) is 0 Å². The Morgan fingerprint density at radius 2 is 1.65 bits per heavy atom. The topological polar surface area (TPSA) is 136 Å². The molecule has 1 aromatic rings. The fraction of sp³-hybridized carbons (Fsp3) is 0.286. The molecule has 0 aliphatic carbocycles. The van der Waals surface area contributed by atoms with Gasteiger partial charge in [-0.25, -0.2) is 13.6 Å². The van der Waals surface area contributed by atoms with Crippen LogP contribution in [0, 0.1) is 11.8 Å². The summed E-state index contributed by atoms with van der Waals surface area (Å²) in [7, 11) is -3.81. The maximum atomic E-state index is 12.4. The number of nitrogens with one attached hydrogen (secondary N) is 1. The first-order valence-electron chi connectivity index (χ1n) is 6.78. The van der Waals surface area contributed by atoms with Gasteiger partial charge in [-0.3, -0.25) is 9.59 Å². The number of amides is 1. The number of fused-ring (bicyclic) bond motifs is 2. The number of benzene rings is 1. The van der Waals surface area contributed by atoms with Crippen molar-refractivity contribution in [2.45, 2.75) is 17.1 Å². The van der Waals surface area contributed by atoms with Crippen LogP contribution in [0.3, 0.4) is 0 Å². The lowest BCUT2D eigenvalue weighted by atomic mass is 9.82. The van der Waals surface area contributed by atoms with Gasteiger partial charge in [-0.05, 0) is 24.3 Å². The van der Waals surface area contributed by atoms with Crippen molar-refractivity contribution in [1.29, 1.82) is 0 Å². The van der Waals surface area contributed by atoms with E-state index in [0.29, 0.717) is 5.69 Å². The van der Waals surface area contributed by atoms with Gasteiger partial charge in [0, 0.05) is 5.69 Å². The molecule has 0 aromatic heterocycles. The van der Waals surface area contributed by atoms with Crippen LogP contribution in [0.25, 0.3) is 0 Å². The molecule has 0 spiro atoms. The summed E-state index contributed by atoms with van der Waals surface area (Å²) in [5.41, 5.74) is 0.346. The number of anilines is 1. The van der Waals surface area contributed by atoms with Crippen molar-refractivity contribution in [2.24, 2.45) is 17.0 Å². The van der Waals surface area contributed by atoms with Gasteiger partial charge >= 0.3 is 5.97 Å². The molecule has 0 radical (unpaired) electrons. The number of primary sulfonamides is 1. The highest BCUT2D eigenvalue weighted by Crippen LogP contribution is 2.39. The molecule has 1 saturated heterocycles. The Morgan fingerprint density at radius 3 is 2.17 bits per heavy atom. The number of carbonyl (C=O) groups excluding carboxylic acids is 1. The fourth-order valence-corrected chi connectivity index (χ4v) is 3.38. The first-order valence-corrected chi connectivity index (χ1v) is 8.32. The highest BCUT2D eigenvalue weighted by Gasteiger charge is 2.53. The molecule has 2 aliphatic heterocycles. The van der Waals surface area contributed by atoms with E-state index >= 15 is 0 Å². The molecule has 0 unspecified atom stereocenters. The minimum Gasteiger partial charge on any atom is -0.481 e. The van der Waals surface area contributed by atoms with Gasteiger partial charge in [0.25, 0.3) is 0 Å². The molecule has 3 rings (SSSR count). The van der Waals surface area contributed by atoms with E-state index in [1.807, 2.05) is 0 Å². The van der Waals surface area contributed by atoms with E-state index in [1.165, 1.54) is 24.3 Å². The molecule has 2 aliphatic rings. The summed E-state index contributed by atoms with van der Waals surface area (Å²) in [6, 6.07) is 5.29. The summed E-state index contributed by atoms with van der Waals surface area (Å²) in [5, 5.41) is 16.8. The van der Waals surface area contributed by atoms with E-state index in [0.717, 1.165) is 0 Å². The number of hydrogen-bond donors (Lipinski definition) is 3. The number of ether oxygens (including phenoxy) is 1. The normalized spacial score (nSPS) is 28.7. The molecular weight excluding hydrogens is 324 g/mol. The highest BCUT2D eigenvalue weighted by molar-refractivity contribution is 7.89. The average Bonchev–Trinajstić information content (AvgIpc) is 3.07. The quantitative estimate of drug-likeness (QED) is 0.657. The zero-order valence-electron chi connectivity index (χ0n) is 11.7. The molecule has 2 bridgehead atoms. The van der Waals surface area contributed by atoms with E-state index in [9.17, 15) is 23.1 Å². The number of carboxylic acid groups (broad SMARTS) is 1. The second kappa shape index (κ2) is 5.44. The molecule has 0 saturated carbocycles. The number of hydrogen-bond acceptors (Lipinski definition) is 5. The van der Waals surface area contributed by atoms with Gasteiger partial charge < -0.3 is 15.2 Å². The monoisotopic (exact) mass is 338 g/mol. The molecule has 122 valence electrons. The fourth-order valence-electron chi connectivity index (χ4n) is 2.87. The van der Waals surface area contributed by atoms with Crippen molar-refractivity contribution >= 4 is 27.6 Å². The molecule has 1 aromatic carbocycles. The first-order chi connectivity index (χ1) is 10.8. The maximum absolute atomic E-state index is 12.4. The lowest BCUT2D eigenvalue weighted by Gasteiger charge is -2.21. The Morgan fingerprint density at radius 1 is 1.09 bits per heavy atom. The lowest BCUT2D eigenvalue weighted by Crippen LogP contribution is -2.39. The molecule has 4 N–H and O–H groups in total. The number of nitrogens with two attached hydrogens (primary N) is 1. The Bertz CT molecular complexity index is 786. The van der Waals surface area contributed by atoms with Gasteiger partial charge in [0.1, 0.15) is 5.92 Å². The smallest absolute Gasteiger partial charge is 0.310 e. The molecule has 1 amide bonds. The van der Waals surface area contributed by atoms with E-state index in [2.05, 4.69) is 5.32 Å². The summed E-state index contributed by atoms with van der Waals surface area (Å²) in [5.74, 6) is -3.35. The third-order valence-electron chi connectivity index (χ3n) is 3.94. The molecule has 1 fully saturated rings. The van der Waals surface area contributed by atoms with Gasteiger partial charge in [0.05, 0.1) is 23.0 Å². The minimum atomic E-state index is -3.81. The van der Waals surface area contributed by atoms with Crippen LogP contribution in [0.1, 0.15) is 0 Å². The van der Waals surface area contributed by atoms with Crippen LogP contribution in [0.4, 0.5) is 5.69 Å². The van der Waals surface area contributed by atoms with E-state index in [4.69, 9.17) is 9.88 Å². The molecule has 9 heteroatoms. The second-order valence-corrected chi connectivity index (χ2v) is 6.96. The van der Waals surface area contributed by atoms with E-state index in [1.54, 1.807) is 12.2 Å². The summed E-state index contributed by atoms with van der Waals surface area (Å²) in [6.45, 7) is 0. The van der Waals surface area contributed by atoms with Crippen LogP contribution in [-0.2, 0) is 24.3 Å². The zero-order valence-corrected chi connectivity index (χ0v) is 12.6. The molecular formula is C14H14N2O6S. The Kier molecular flexibility index (Phi) is 3.71. The number of rotatable bonds is 4. The Hall–Kier alpha value is -2.23. The van der Waals surface area contributed by atoms with Crippen LogP contribution < -0.4 is 10.5 Å². The van der Waals surface area contributed by atoms with Crippen LogP contribution in [0.2, 0.25) is 0 Å². The summed E-state index contributed by atoms with van der Waals surface area (Å²) < 4.78 is 27.8. The third-order valence-corrected chi connectivity index (χ3v) is 4.87. The summed E-state index contributed by atoms with van der Waals surface area (Å²) >= 11 is 0. The summed E-state index contributed by atoms with van der Waals surface area (Å²) in [6.07, 6.45) is 2.16. The first kappa shape index (κ1) is 15.7. The lowest BCUT2D eigenvalue weighted by molar-refractivity contribution is -0.145. The standard InChI is InChI=1S/C14H14N2O6S/c15-23(20,21)8-3-1-7(2-4-8)16-13(17)11-9-5-6-10(22-9)12(11)14(18)19/h1-6,9-12H,(H,16,17)(H,18,19)(H2,15,20,21)/t9-,10+,11-,12-/m0/s1. The van der Waals surface area contributed by atoms with Gasteiger partial charge in [0.2, 0.25) is 15.9 Å². The number of carbonyl (C=O) groups is 2. The van der Waals surface area contributed by atoms with Crippen LogP contribution in [0.5, 0.6) is 0 Å². The molecule has 2 heterocycles. The van der Waals surface area contributed by atoms with Crippen molar-refractivity contribution in [1.82, 2.24) is 0 Å². The van der Waals surface area contributed by atoms with E-state index < -0.39 is 45.9 Å². The summed E-state index contributed by atoms with van der Waals surface area (Å²) in [4.78, 5) is 23.6. The van der Waals surface area contributed by atoms with Gasteiger partial charge in [-0.2, -0.15) is 0 Å². The highest BCUT2D eigenvalue weighted by atomic mass is 32.2. The number of carboxylic acids is 1. The number of aliphatic carboxylic acids is 1. The minimum absolute atomic E-state index is 0.0786. The van der Waals surface area contributed by atoms with Crippen molar-refractivity contribution in [3.63, 3.8) is 0 Å². The Labute approximate surface area is 132 Å². The van der Waals surface area contributed by atoms with Gasteiger partial charge in [-0.1, -0.05) is 12.2 Å². The van der Waals surface area contributed by atoms with Crippen LogP contribution in [-0.4, -0.2) is 37.6 Å². The second-order valence-electron chi connectivity index (χ2n) is 5.40. The average molecular weight is 338 g/mol. The van der Waals surface area contributed by atoms with Gasteiger partial charge in [0.15, 0.2) is 0 Å². The Balaban J connectivity index is 1.77. The SMILES string of the molecule is NS(=O)(=O)c1ccc(NC(=O)[C@@H]2[C@@H](C(=O)O)[C@H]3C=C[C@@H]2O3)cc1. The van der Waals surface area contributed by atoms with Crippen molar-refractivity contribution in [2.75, 3.05) is 5.32 Å². The predicted octanol–water partition coefficient (Wildman–Crippen LogP) is -0.0733. The zero-order chi connectivity index (χ0) is 16.8. The maximum Gasteiger partial charge on any atom is 0.310 e. The van der Waals surface area contributed by atoms with Crippen LogP contribution >= 0.6 is 0 Å². The predicted molar refractivity (Wildman–Crippen MR) is 78.9 cm³/mol. The van der Waals surface area contributed by atoms with Gasteiger partial charge in [-0.15, -0.1) is 0 Å². The molecule has 23 heavy (non-hydrogen) atoms. The van der Waals surface area contributed by atoms with E-state index in [-0.39, 0.29) is 4.90 Å². The molecule has 4 atom stereocenters. The molecule has 8 nitrogen and oxygen atoms in total. The number of sulfonamides is 1. The van der Waals surface area contributed by atoms with Crippen molar-refractivity contribution < 1.29 is 27.9 Å².